The van der Waals surface area contributed by atoms with Gasteiger partial charge in [0.2, 0.25) is 5.91 Å². The summed E-state index contributed by atoms with van der Waals surface area (Å²) in [5.74, 6) is 0.00557. The number of piperazine rings is 1. The number of carbonyl (C=O) groups excluding carboxylic acids is 2. The molecular weight excluding hydrogens is 416 g/mol. The van der Waals surface area contributed by atoms with Crippen LogP contribution in [-0.4, -0.2) is 58.8 Å². The standard InChI is InChI=1S/C22H24N4O2S2/c1-15-5-7-17(8-6-15)18-14-30-22(23-18)24-20(27)16(2)25-9-11-26(12-10-25)21(28)19-4-3-13-29-19/h3-8,13-14,16H,9-12H2,1-2H3,(H,23,24,27). The minimum atomic E-state index is -0.282. The smallest absolute Gasteiger partial charge is 0.264 e. The first-order chi connectivity index (χ1) is 14.5. The van der Waals surface area contributed by atoms with E-state index in [1.807, 2.05) is 46.8 Å². The molecule has 156 valence electrons. The molecule has 0 saturated carbocycles. The lowest BCUT2D eigenvalue weighted by molar-refractivity contribution is -0.121. The summed E-state index contributed by atoms with van der Waals surface area (Å²) in [5, 5.41) is 7.42. The van der Waals surface area contributed by atoms with Crippen LogP contribution in [0.2, 0.25) is 0 Å². The average molecular weight is 441 g/mol. The number of hydrogen-bond acceptors (Lipinski definition) is 6. The highest BCUT2D eigenvalue weighted by atomic mass is 32.1. The third kappa shape index (κ3) is 4.61. The maximum absolute atomic E-state index is 12.7. The molecule has 4 rings (SSSR count). The molecule has 1 fully saturated rings. The largest absolute Gasteiger partial charge is 0.335 e. The van der Waals surface area contributed by atoms with Crippen molar-refractivity contribution in [3.63, 3.8) is 0 Å². The van der Waals surface area contributed by atoms with Gasteiger partial charge in [0.15, 0.2) is 5.13 Å². The van der Waals surface area contributed by atoms with E-state index in [2.05, 4.69) is 34.3 Å². The van der Waals surface area contributed by atoms with E-state index in [-0.39, 0.29) is 17.9 Å². The second-order valence-corrected chi connectivity index (χ2v) is 9.18. The number of amides is 2. The van der Waals surface area contributed by atoms with Gasteiger partial charge in [0, 0.05) is 37.1 Å². The fourth-order valence-corrected chi connectivity index (χ4v) is 4.85. The van der Waals surface area contributed by atoms with Crippen LogP contribution in [0.4, 0.5) is 5.13 Å². The molecule has 1 aliphatic rings. The van der Waals surface area contributed by atoms with Crippen LogP contribution in [0, 0.1) is 6.92 Å². The monoisotopic (exact) mass is 440 g/mol. The van der Waals surface area contributed by atoms with Crippen LogP contribution < -0.4 is 5.32 Å². The zero-order valence-electron chi connectivity index (χ0n) is 17.0. The van der Waals surface area contributed by atoms with E-state index in [0.29, 0.717) is 31.3 Å². The first-order valence-electron chi connectivity index (χ1n) is 9.91. The van der Waals surface area contributed by atoms with Gasteiger partial charge in [0.25, 0.3) is 5.91 Å². The van der Waals surface area contributed by atoms with Gasteiger partial charge in [-0.15, -0.1) is 22.7 Å². The zero-order valence-corrected chi connectivity index (χ0v) is 18.6. The molecule has 2 amide bonds. The molecule has 0 aliphatic carbocycles. The van der Waals surface area contributed by atoms with E-state index in [1.54, 1.807) is 0 Å². The first-order valence-corrected chi connectivity index (χ1v) is 11.7. The molecular formula is C22H24N4O2S2. The minimum Gasteiger partial charge on any atom is -0.335 e. The number of aryl methyl sites for hydroxylation is 1. The number of nitrogens with one attached hydrogen (secondary N) is 1. The molecule has 0 bridgehead atoms. The van der Waals surface area contributed by atoms with Crippen molar-refractivity contribution < 1.29 is 9.59 Å². The molecule has 1 atom stereocenters. The van der Waals surface area contributed by atoms with Crippen LogP contribution >= 0.6 is 22.7 Å². The molecule has 6 nitrogen and oxygen atoms in total. The number of thiazole rings is 1. The molecule has 30 heavy (non-hydrogen) atoms. The van der Waals surface area contributed by atoms with E-state index in [4.69, 9.17) is 0 Å². The molecule has 2 aromatic heterocycles. The van der Waals surface area contributed by atoms with Gasteiger partial charge in [-0.1, -0.05) is 35.9 Å². The maximum atomic E-state index is 12.7. The Morgan fingerprint density at radius 1 is 1.07 bits per heavy atom. The van der Waals surface area contributed by atoms with Gasteiger partial charge in [-0.05, 0) is 25.3 Å². The number of benzene rings is 1. The van der Waals surface area contributed by atoms with E-state index in [9.17, 15) is 9.59 Å². The normalized spacial score (nSPS) is 15.7. The molecule has 1 N–H and O–H groups in total. The summed E-state index contributed by atoms with van der Waals surface area (Å²) in [4.78, 5) is 34.5. The first kappa shape index (κ1) is 20.7. The Bertz CT molecular complexity index is 1010. The number of anilines is 1. The Hall–Kier alpha value is -2.55. The summed E-state index contributed by atoms with van der Waals surface area (Å²) in [7, 11) is 0. The van der Waals surface area contributed by atoms with E-state index in [1.165, 1.54) is 28.2 Å². The van der Waals surface area contributed by atoms with E-state index in [0.717, 1.165) is 16.1 Å². The molecule has 8 heteroatoms. The summed E-state index contributed by atoms with van der Waals surface area (Å²) in [6.07, 6.45) is 0. The fourth-order valence-electron chi connectivity index (χ4n) is 3.43. The molecule has 3 heterocycles. The van der Waals surface area contributed by atoms with Crippen molar-refractivity contribution in [3.05, 3.63) is 57.6 Å². The fraction of sp³-hybridized carbons (Fsp3) is 0.318. The number of nitrogens with zero attached hydrogens (tertiary/aromatic N) is 3. The average Bonchev–Trinajstić information content (AvgIpc) is 3.46. The van der Waals surface area contributed by atoms with E-state index < -0.39 is 0 Å². The summed E-state index contributed by atoms with van der Waals surface area (Å²) < 4.78 is 0. The van der Waals surface area contributed by atoms with Gasteiger partial charge in [-0.25, -0.2) is 4.98 Å². The Morgan fingerprint density at radius 3 is 2.47 bits per heavy atom. The highest BCUT2D eigenvalue weighted by Gasteiger charge is 2.28. The summed E-state index contributed by atoms with van der Waals surface area (Å²) in [5.41, 5.74) is 3.11. The Morgan fingerprint density at radius 2 is 1.80 bits per heavy atom. The predicted molar refractivity (Wildman–Crippen MR) is 122 cm³/mol. The van der Waals surface area contributed by atoms with Crippen LogP contribution in [0.15, 0.2) is 47.2 Å². The number of thiophene rings is 1. The third-order valence-corrected chi connectivity index (χ3v) is 6.96. The molecule has 1 saturated heterocycles. The highest BCUT2D eigenvalue weighted by molar-refractivity contribution is 7.14. The van der Waals surface area contributed by atoms with Crippen molar-refractivity contribution in [1.29, 1.82) is 0 Å². The van der Waals surface area contributed by atoms with Crippen molar-refractivity contribution in [2.24, 2.45) is 0 Å². The highest BCUT2D eigenvalue weighted by Crippen LogP contribution is 2.25. The molecule has 1 unspecified atom stereocenters. The third-order valence-electron chi connectivity index (χ3n) is 5.34. The van der Waals surface area contributed by atoms with Crippen LogP contribution in [0.5, 0.6) is 0 Å². The molecule has 1 aromatic carbocycles. The Kier molecular flexibility index (Phi) is 6.26. The molecule has 0 radical (unpaired) electrons. The number of aromatic nitrogens is 1. The summed E-state index contributed by atoms with van der Waals surface area (Å²) in [6, 6.07) is 11.6. The van der Waals surface area contributed by atoms with Gasteiger partial charge >= 0.3 is 0 Å². The van der Waals surface area contributed by atoms with Crippen LogP contribution in [0.3, 0.4) is 0 Å². The van der Waals surface area contributed by atoms with Gasteiger partial charge in [0.05, 0.1) is 16.6 Å². The molecule has 3 aromatic rings. The number of hydrogen-bond donors (Lipinski definition) is 1. The van der Waals surface area contributed by atoms with Crippen LogP contribution in [0.1, 0.15) is 22.2 Å². The lowest BCUT2D eigenvalue weighted by atomic mass is 10.1. The van der Waals surface area contributed by atoms with Crippen molar-refractivity contribution in [2.45, 2.75) is 19.9 Å². The lowest BCUT2D eigenvalue weighted by Crippen LogP contribution is -2.53. The number of carbonyl (C=O) groups is 2. The predicted octanol–water partition coefficient (Wildman–Crippen LogP) is 3.97. The van der Waals surface area contributed by atoms with Gasteiger partial charge in [-0.2, -0.15) is 0 Å². The van der Waals surface area contributed by atoms with Crippen molar-refractivity contribution in [2.75, 3.05) is 31.5 Å². The van der Waals surface area contributed by atoms with Crippen molar-refractivity contribution in [3.8, 4) is 11.3 Å². The zero-order chi connectivity index (χ0) is 21.1. The Balaban J connectivity index is 1.31. The van der Waals surface area contributed by atoms with Gasteiger partial charge in [-0.3, -0.25) is 14.5 Å². The Labute approximate surface area is 184 Å². The van der Waals surface area contributed by atoms with E-state index >= 15 is 0 Å². The van der Waals surface area contributed by atoms with Gasteiger partial charge < -0.3 is 10.2 Å². The molecule has 0 spiro atoms. The second-order valence-electron chi connectivity index (χ2n) is 7.37. The van der Waals surface area contributed by atoms with Crippen LogP contribution in [-0.2, 0) is 4.79 Å². The van der Waals surface area contributed by atoms with Crippen molar-refractivity contribution >= 4 is 39.6 Å². The quantitative estimate of drug-likeness (QED) is 0.652. The number of rotatable bonds is 5. The summed E-state index contributed by atoms with van der Waals surface area (Å²) >= 11 is 2.89. The second kappa shape index (κ2) is 9.07. The summed E-state index contributed by atoms with van der Waals surface area (Å²) in [6.45, 7) is 6.57. The SMILES string of the molecule is Cc1ccc(-c2csc(NC(=O)C(C)N3CCN(C(=O)c4cccs4)CC3)n2)cc1. The van der Waals surface area contributed by atoms with Crippen molar-refractivity contribution in [1.82, 2.24) is 14.8 Å². The topological polar surface area (TPSA) is 65.5 Å². The van der Waals surface area contributed by atoms with Crippen LogP contribution in [0.25, 0.3) is 11.3 Å². The minimum absolute atomic E-state index is 0.0714. The molecule has 1 aliphatic heterocycles. The lowest BCUT2D eigenvalue weighted by Gasteiger charge is -2.37. The maximum Gasteiger partial charge on any atom is 0.264 e. The van der Waals surface area contributed by atoms with Gasteiger partial charge in [0.1, 0.15) is 0 Å².